The number of rotatable bonds is 7. The number of nitrogens with zero attached hydrogens (tertiary/aromatic N) is 4. The maximum atomic E-state index is 6.14. The summed E-state index contributed by atoms with van der Waals surface area (Å²) < 4.78 is 8.31. The minimum absolute atomic E-state index is 0.176. The third kappa shape index (κ3) is 8.88. The Kier molecular flexibility index (Phi) is 12.5. The predicted octanol–water partition coefficient (Wildman–Crippen LogP) is 14.3. The maximum absolute atomic E-state index is 6.14. The quantitative estimate of drug-likeness (QED) is 0.119. The highest BCUT2D eigenvalue weighted by Gasteiger charge is 2.23. The fraction of sp³-hybridized carbons (Fsp3) is 0.196. The van der Waals surface area contributed by atoms with Crippen molar-refractivity contribution >= 4 is 40.6 Å². The van der Waals surface area contributed by atoms with Crippen LogP contribution in [0.2, 0.25) is 0 Å². The van der Waals surface area contributed by atoms with E-state index in [1.54, 1.807) is 0 Å². The van der Waals surface area contributed by atoms with E-state index in [4.69, 9.17) is 14.7 Å². The molecule has 5 heteroatoms. The molecule has 304 valence electrons. The lowest BCUT2D eigenvalue weighted by Crippen LogP contribution is -2.16. The summed E-state index contributed by atoms with van der Waals surface area (Å²) in [6, 6.07) is 34.5. The van der Waals surface area contributed by atoms with Gasteiger partial charge in [-0.25, -0.2) is 4.99 Å². The van der Waals surface area contributed by atoms with E-state index in [2.05, 4.69) is 197 Å². The molecule has 1 unspecified atom stereocenters. The van der Waals surface area contributed by atoms with E-state index in [1.165, 1.54) is 27.8 Å². The van der Waals surface area contributed by atoms with Crippen molar-refractivity contribution in [3.8, 4) is 11.1 Å². The molecule has 3 aliphatic rings. The van der Waals surface area contributed by atoms with Crippen LogP contribution in [0.1, 0.15) is 80.0 Å². The fourth-order valence-electron chi connectivity index (χ4n) is 8.54. The van der Waals surface area contributed by atoms with Crippen LogP contribution < -0.4 is 0 Å². The highest BCUT2D eigenvalue weighted by Crippen LogP contribution is 2.37. The number of ether oxygens (including phenoxy) is 1. The third-order valence-corrected chi connectivity index (χ3v) is 11.8. The molecular weight excluding hydrogens is 745 g/mol. The van der Waals surface area contributed by atoms with Gasteiger partial charge in [0, 0.05) is 28.5 Å². The minimum atomic E-state index is 0.176. The number of fused-ring (bicyclic) bond motifs is 1. The van der Waals surface area contributed by atoms with Crippen LogP contribution in [0.4, 0.5) is 0 Å². The second kappa shape index (κ2) is 18.6. The van der Waals surface area contributed by atoms with Crippen LogP contribution in [0.25, 0.3) is 33.2 Å². The topological polar surface area (TPSA) is 51.2 Å². The number of para-hydroxylation sites is 1. The van der Waals surface area contributed by atoms with E-state index in [-0.39, 0.29) is 5.92 Å². The molecule has 1 aliphatic heterocycles. The molecule has 0 fully saturated rings. The number of aliphatic imine (C=N–C) groups is 3. The molecule has 2 aliphatic carbocycles. The monoisotopic (exact) mass is 798 g/mol. The van der Waals surface area contributed by atoms with Gasteiger partial charge in [0.1, 0.15) is 5.76 Å². The molecule has 1 atom stereocenters. The molecule has 0 spiro atoms. The van der Waals surface area contributed by atoms with Crippen LogP contribution in [-0.2, 0) is 11.3 Å². The Morgan fingerprint density at radius 3 is 2.44 bits per heavy atom. The summed E-state index contributed by atoms with van der Waals surface area (Å²) in [5.41, 5.74) is 15.8. The molecule has 0 bridgehead atoms. The molecule has 0 N–H and O–H groups in total. The van der Waals surface area contributed by atoms with Gasteiger partial charge in [-0.1, -0.05) is 140 Å². The van der Waals surface area contributed by atoms with Crippen LogP contribution in [-0.4, -0.2) is 23.1 Å². The van der Waals surface area contributed by atoms with Crippen molar-refractivity contribution in [1.82, 2.24) is 4.57 Å². The lowest BCUT2D eigenvalue weighted by Gasteiger charge is -2.19. The smallest absolute Gasteiger partial charge is 0.236 e. The van der Waals surface area contributed by atoms with Gasteiger partial charge < -0.3 is 4.74 Å². The lowest BCUT2D eigenvalue weighted by molar-refractivity contribution is 0.326. The number of hydrogen-bond acceptors (Lipinski definition) is 2. The largest absolute Gasteiger partial charge is 0.469 e. The predicted molar refractivity (Wildman–Crippen MR) is 259 cm³/mol. The highest BCUT2D eigenvalue weighted by atomic mass is 16.5. The van der Waals surface area contributed by atoms with Crippen molar-refractivity contribution in [1.29, 1.82) is 0 Å². The summed E-state index contributed by atoms with van der Waals surface area (Å²) >= 11 is 0. The average molecular weight is 799 g/mol. The zero-order valence-electron chi connectivity index (χ0n) is 36.0. The Hall–Kier alpha value is -6.85. The van der Waals surface area contributed by atoms with E-state index in [0.717, 1.165) is 87.0 Å². The number of aromatic nitrogens is 1. The molecule has 8 rings (SSSR count). The molecule has 0 saturated carbocycles. The standard InChI is InChI=1S/C56H54N4O/c1-7-49(46-24-18-23-44(36-46)48-33-38(2)31-32-61-53-28-17-15-25-50(53)40(4)35-48)54-41(5)51-26-14-16-27-52(51)60(54)56(57-6)59-55(43-21-12-9-13-22-43)58-37-47-30-29-45(34-39(47)3)42-19-10-8-11-20-42/h7-8,10-12,14-16,18-27,29-36,38H,6,9,13,17,28,37H2,1-5H3/b32-31+,40-35+,48-33+,49-7-,58-55?,59-56?. The van der Waals surface area contributed by atoms with E-state index in [0.29, 0.717) is 18.3 Å². The molecule has 0 saturated heterocycles. The summed E-state index contributed by atoms with van der Waals surface area (Å²) in [4.78, 5) is 15.2. The van der Waals surface area contributed by atoms with Crippen molar-refractivity contribution in [2.45, 2.75) is 66.8 Å². The second-order valence-electron chi connectivity index (χ2n) is 16.0. The highest BCUT2D eigenvalue weighted by molar-refractivity contribution is 6.12. The normalized spacial score (nSPS) is 19.7. The van der Waals surface area contributed by atoms with E-state index in [1.807, 2.05) is 12.3 Å². The molecular formula is C56H54N4O. The SMILES string of the molecule is C=NC(=NC(=NCc1ccc(-c2ccccc2)cc1C)C1=CCCC=C1)n1c(/C(=C\C)c2cccc(C3=C/C(C)/C=C/OC4=C(C=CCC4)\C(C)=C\3)c2)c(C)c2ccccc21. The first kappa shape index (κ1) is 40.9. The maximum Gasteiger partial charge on any atom is 0.236 e. The fourth-order valence-corrected chi connectivity index (χ4v) is 8.54. The average Bonchev–Trinajstić information content (AvgIpc) is 3.58. The molecule has 0 amide bonds. The van der Waals surface area contributed by atoms with Gasteiger partial charge in [0.15, 0.2) is 5.84 Å². The van der Waals surface area contributed by atoms with Crippen molar-refractivity contribution in [3.05, 3.63) is 214 Å². The van der Waals surface area contributed by atoms with E-state index < -0.39 is 0 Å². The third-order valence-electron chi connectivity index (χ3n) is 11.8. The molecule has 2 heterocycles. The summed E-state index contributed by atoms with van der Waals surface area (Å²) in [6.45, 7) is 15.5. The Morgan fingerprint density at radius 2 is 1.66 bits per heavy atom. The van der Waals surface area contributed by atoms with Crippen molar-refractivity contribution < 1.29 is 4.74 Å². The summed E-state index contributed by atoms with van der Waals surface area (Å²) in [5.74, 6) is 2.32. The van der Waals surface area contributed by atoms with Crippen LogP contribution in [0.5, 0.6) is 0 Å². The number of hydrogen-bond donors (Lipinski definition) is 0. The van der Waals surface area contributed by atoms with Crippen LogP contribution in [0.15, 0.2) is 195 Å². The van der Waals surface area contributed by atoms with Crippen LogP contribution in [0.3, 0.4) is 0 Å². The lowest BCUT2D eigenvalue weighted by atomic mass is 9.91. The van der Waals surface area contributed by atoms with E-state index in [9.17, 15) is 0 Å². The Labute approximate surface area is 361 Å². The molecule has 5 nitrogen and oxygen atoms in total. The van der Waals surface area contributed by atoms with Gasteiger partial charge in [-0.15, -0.1) is 0 Å². The zero-order valence-corrected chi connectivity index (χ0v) is 36.0. The number of aryl methyl sites for hydroxylation is 2. The van der Waals surface area contributed by atoms with Crippen molar-refractivity contribution in [2.75, 3.05) is 0 Å². The molecule has 4 aromatic carbocycles. The Morgan fingerprint density at radius 1 is 0.852 bits per heavy atom. The van der Waals surface area contributed by atoms with Crippen LogP contribution in [0, 0.1) is 19.8 Å². The number of amidine groups is 1. The van der Waals surface area contributed by atoms with Gasteiger partial charge in [0.25, 0.3) is 0 Å². The van der Waals surface area contributed by atoms with Crippen LogP contribution >= 0.6 is 0 Å². The molecule has 0 radical (unpaired) electrons. The Balaban J connectivity index is 1.22. The zero-order chi connectivity index (χ0) is 42.3. The second-order valence-corrected chi connectivity index (χ2v) is 16.0. The minimum Gasteiger partial charge on any atom is -0.469 e. The first-order valence-corrected chi connectivity index (χ1v) is 21.5. The van der Waals surface area contributed by atoms with Gasteiger partial charge >= 0.3 is 0 Å². The molecule has 1 aromatic heterocycles. The summed E-state index contributed by atoms with van der Waals surface area (Å²) in [6.07, 6.45) is 25.6. The van der Waals surface area contributed by atoms with Gasteiger partial charge in [-0.2, -0.15) is 4.99 Å². The van der Waals surface area contributed by atoms with E-state index >= 15 is 0 Å². The molecule has 61 heavy (non-hydrogen) atoms. The summed E-state index contributed by atoms with van der Waals surface area (Å²) in [7, 11) is 0. The number of benzene rings is 4. The summed E-state index contributed by atoms with van der Waals surface area (Å²) in [5, 5.41) is 1.13. The first-order chi connectivity index (χ1) is 29.8. The van der Waals surface area contributed by atoms with Gasteiger partial charge in [-0.05, 0) is 128 Å². The van der Waals surface area contributed by atoms with Crippen molar-refractivity contribution in [3.63, 3.8) is 0 Å². The first-order valence-electron chi connectivity index (χ1n) is 21.5. The van der Waals surface area contributed by atoms with Gasteiger partial charge in [0.2, 0.25) is 5.96 Å². The molecule has 5 aromatic rings. The van der Waals surface area contributed by atoms with Gasteiger partial charge in [0.05, 0.1) is 24.0 Å². The van der Waals surface area contributed by atoms with Crippen molar-refractivity contribution in [2.24, 2.45) is 20.9 Å². The van der Waals surface area contributed by atoms with Gasteiger partial charge in [-0.3, -0.25) is 9.56 Å². The Bertz CT molecular complexity index is 2810. The number of allylic oxidation sites excluding steroid dienone is 12.